The van der Waals surface area contributed by atoms with Crippen LogP contribution in [0.3, 0.4) is 0 Å². The van der Waals surface area contributed by atoms with Gasteiger partial charge in [0.25, 0.3) is 0 Å². The van der Waals surface area contributed by atoms with Crippen molar-refractivity contribution in [3.05, 3.63) is 30.2 Å². The van der Waals surface area contributed by atoms with Crippen LogP contribution in [0.1, 0.15) is 10.5 Å². The van der Waals surface area contributed by atoms with E-state index in [0.29, 0.717) is 18.8 Å². The molecule has 0 aromatic carbocycles. The average Bonchev–Trinajstić information content (AvgIpc) is 2.95. The standard InChI is InChI=1S/C13H16N4O4/c1-20-13(19)11-12(10-2-4-14-5-3-10)17(16-15-11)6-8-21-9-7-18/h2-5,18H,6-9H2,1H3. The highest BCUT2D eigenvalue weighted by molar-refractivity contribution is 5.93. The number of carbonyl (C=O) groups excluding carboxylic acids is 1. The van der Waals surface area contributed by atoms with E-state index in [1.165, 1.54) is 7.11 Å². The van der Waals surface area contributed by atoms with E-state index in [1.54, 1.807) is 29.2 Å². The van der Waals surface area contributed by atoms with Crippen molar-refractivity contribution in [1.29, 1.82) is 0 Å². The number of nitrogens with zero attached hydrogens (tertiary/aromatic N) is 4. The van der Waals surface area contributed by atoms with Crippen LogP contribution in [0.25, 0.3) is 11.3 Å². The molecular formula is C13H16N4O4. The molecule has 0 aliphatic rings. The highest BCUT2D eigenvalue weighted by atomic mass is 16.5. The Hall–Kier alpha value is -2.32. The Kier molecular flexibility index (Phi) is 5.35. The molecule has 0 amide bonds. The Morgan fingerprint density at radius 3 is 2.76 bits per heavy atom. The quantitative estimate of drug-likeness (QED) is 0.572. The zero-order chi connectivity index (χ0) is 15.1. The summed E-state index contributed by atoms with van der Waals surface area (Å²) in [6.45, 7) is 0.968. The van der Waals surface area contributed by atoms with Crippen LogP contribution >= 0.6 is 0 Å². The first-order valence-electron chi connectivity index (χ1n) is 6.38. The van der Waals surface area contributed by atoms with Crippen LogP contribution in [-0.4, -0.2) is 58.0 Å². The van der Waals surface area contributed by atoms with E-state index >= 15 is 0 Å². The SMILES string of the molecule is COC(=O)c1nnn(CCOCCO)c1-c1ccncc1. The van der Waals surface area contributed by atoms with E-state index < -0.39 is 5.97 Å². The number of hydrogen-bond donors (Lipinski definition) is 1. The van der Waals surface area contributed by atoms with E-state index in [-0.39, 0.29) is 18.9 Å². The van der Waals surface area contributed by atoms with Gasteiger partial charge in [-0.1, -0.05) is 5.21 Å². The Bertz CT molecular complexity index is 585. The molecule has 0 saturated heterocycles. The maximum atomic E-state index is 11.8. The van der Waals surface area contributed by atoms with Gasteiger partial charge in [-0.25, -0.2) is 9.48 Å². The molecule has 0 radical (unpaired) electrons. The van der Waals surface area contributed by atoms with Gasteiger partial charge in [-0.15, -0.1) is 5.10 Å². The lowest BCUT2D eigenvalue weighted by Crippen LogP contribution is -2.11. The number of aliphatic hydroxyl groups is 1. The highest BCUT2D eigenvalue weighted by Gasteiger charge is 2.21. The van der Waals surface area contributed by atoms with Gasteiger partial charge in [0.2, 0.25) is 0 Å². The van der Waals surface area contributed by atoms with Crippen molar-refractivity contribution in [2.24, 2.45) is 0 Å². The second kappa shape index (κ2) is 7.46. The largest absolute Gasteiger partial charge is 0.464 e. The number of carbonyl (C=O) groups is 1. The molecule has 2 heterocycles. The fourth-order valence-corrected chi connectivity index (χ4v) is 1.82. The van der Waals surface area contributed by atoms with E-state index in [1.807, 2.05) is 0 Å². The molecule has 2 aromatic rings. The number of aliphatic hydroxyl groups excluding tert-OH is 1. The van der Waals surface area contributed by atoms with Gasteiger partial charge in [0.15, 0.2) is 5.69 Å². The van der Waals surface area contributed by atoms with Crippen LogP contribution in [0.5, 0.6) is 0 Å². The lowest BCUT2D eigenvalue weighted by molar-refractivity contribution is 0.0594. The second-order valence-corrected chi connectivity index (χ2v) is 4.07. The monoisotopic (exact) mass is 292 g/mol. The summed E-state index contributed by atoms with van der Waals surface area (Å²) in [6, 6.07) is 3.52. The Morgan fingerprint density at radius 2 is 2.10 bits per heavy atom. The van der Waals surface area contributed by atoms with Crippen molar-refractivity contribution in [3.63, 3.8) is 0 Å². The molecule has 21 heavy (non-hydrogen) atoms. The third-order valence-corrected chi connectivity index (χ3v) is 2.75. The zero-order valence-corrected chi connectivity index (χ0v) is 11.6. The third kappa shape index (κ3) is 3.61. The number of esters is 1. The first-order valence-corrected chi connectivity index (χ1v) is 6.38. The lowest BCUT2D eigenvalue weighted by atomic mass is 10.1. The molecule has 112 valence electrons. The van der Waals surface area contributed by atoms with Crippen molar-refractivity contribution >= 4 is 5.97 Å². The van der Waals surface area contributed by atoms with Gasteiger partial charge in [0, 0.05) is 18.0 Å². The zero-order valence-electron chi connectivity index (χ0n) is 11.6. The van der Waals surface area contributed by atoms with E-state index in [4.69, 9.17) is 14.6 Å². The Labute approximate surface area is 121 Å². The third-order valence-electron chi connectivity index (χ3n) is 2.75. The predicted molar refractivity (Wildman–Crippen MR) is 72.5 cm³/mol. The molecule has 2 rings (SSSR count). The van der Waals surface area contributed by atoms with Crippen molar-refractivity contribution in [3.8, 4) is 11.3 Å². The summed E-state index contributed by atoms with van der Waals surface area (Å²) in [6.07, 6.45) is 3.24. The normalized spacial score (nSPS) is 10.6. The first-order chi connectivity index (χ1) is 10.3. The molecule has 0 spiro atoms. The van der Waals surface area contributed by atoms with Gasteiger partial charge in [-0.3, -0.25) is 4.98 Å². The molecule has 8 heteroatoms. The van der Waals surface area contributed by atoms with Gasteiger partial charge >= 0.3 is 5.97 Å². The van der Waals surface area contributed by atoms with Crippen molar-refractivity contribution in [2.75, 3.05) is 26.9 Å². The van der Waals surface area contributed by atoms with Gasteiger partial charge < -0.3 is 14.6 Å². The van der Waals surface area contributed by atoms with Crippen molar-refractivity contribution < 1.29 is 19.4 Å². The van der Waals surface area contributed by atoms with Gasteiger partial charge in [-0.05, 0) is 12.1 Å². The molecule has 0 unspecified atom stereocenters. The molecule has 0 fully saturated rings. The fraction of sp³-hybridized carbons (Fsp3) is 0.385. The van der Waals surface area contributed by atoms with Crippen LogP contribution in [0.15, 0.2) is 24.5 Å². The summed E-state index contributed by atoms with van der Waals surface area (Å²) in [5, 5.41) is 16.5. The Morgan fingerprint density at radius 1 is 1.33 bits per heavy atom. The van der Waals surface area contributed by atoms with Crippen LogP contribution in [0.4, 0.5) is 0 Å². The molecule has 0 bridgehead atoms. The lowest BCUT2D eigenvalue weighted by Gasteiger charge is -2.08. The van der Waals surface area contributed by atoms with Crippen LogP contribution in [0.2, 0.25) is 0 Å². The van der Waals surface area contributed by atoms with Gasteiger partial charge in [0.1, 0.15) is 5.69 Å². The van der Waals surface area contributed by atoms with Crippen molar-refractivity contribution in [1.82, 2.24) is 20.0 Å². The number of hydrogen-bond acceptors (Lipinski definition) is 7. The van der Waals surface area contributed by atoms with Gasteiger partial charge in [-0.2, -0.15) is 0 Å². The number of methoxy groups -OCH3 is 1. The number of ether oxygens (including phenoxy) is 2. The maximum Gasteiger partial charge on any atom is 0.360 e. The highest BCUT2D eigenvalue weighted by Crippen LogP contribution is 2.22. The smallest absolute Gasteiger partial charge is 0.360 e. The molecule has 0 atom stereocenters. The average molecular weight is 292 g/mol. The number of pyridine rings is 1. The van der Waals surface area contributed by atoms with E-state index in [2.05, 4.69) is 15.3 Å². The number of aromatic nitrogens is 4. The van der Waals surface area contributed by atoms with Crippen LogP contribution < -0.4 is 0 Å². The predicted octanol–water partition coefficient (Wildman–Crippen LogP) is 0.136. The summed E-state index contributed by atoms with van der Waals surface area (Å²) in [5.41, 5.74) is 1.46. The summed E-state index contributed by atoms with van der Waals surface area (Å²) < 4.78 is 11.5. The van der Waals surface area contributed by atoms with Crippen molar-refractivity contribution in [2.45, 2.75) is 6.54 Å². The molecular weight excluding hydrogens is 276 g/mol. The summed E-state index contributed by atoms with van der Waals surface area (Å²) >= 11 is 0. The second-order valence-electron chi connectivity index (χ2n) is 4.07. The molecule has 0 saturated carbocycles. The van der Waals surface area contributed by atoms with Crippen LogP contribution in [-0.2, 0) is 16.0 Å². The number of rotatable bonds is 7. The molecule has 0 aliphatic heterocycles. The minimum atomic E-state index is -0.552. The summed E-state index contributed by atoms with van der Waals surface area (Å²) in [4.78, 5) is 15.7. The van der Waals surface area contributed by atoms with Crippen LogP contribution in [0, 0.1) is 0 Å². The minimum absolute atomic E-state index is 0.0397. The van der Waals surface area contributed by atoms with E-state index in [9.17, 15) is 4.79 Å². The van der Waals surface area contributed by atoms with E-state index in [0.717, 1.165) is 5.56 Å². The molecule has 1 N–H and O–H groups in total. The van der Waals surface area contributed by atoms with Gasteiger partial charge in [0.05, 0.1) is 33.5 Å². The minimum Gasteiger partial charge on any atom is -0.464 e. The molecule has 2 aromatic heterocycles. The molecule has 8 nitrogen and oxygen atoms in total. The topological polar surface area (TPSA) is 99.4 Å². The first kappa shape index (κ1) is 15.1. The summed E-state index contributed by atoms with van der Waals surface area (Å²) in [5.74, 6) is -0.552. The molecule has 0 aliphatic carbocycles. The Balaban J connectivity index is 2.28. The maximum absolute atomic E-state index is 11.8. The summed E-state index contributed by atoms with van der Waals surface area (Å²) in [7, 11) is 1.29. The fourth-order valence-electron chi connectivity index (χ4n) is 1.82.